The van der Waals surface area contributed by atoms with Gasteiger partial charge in [-0.15, -0.1) is 0 Å². The molecule has 0 saturated carbocycles. The lowest BCUT2D eigenvalue weighted by molar-refractivity contribution is 0.316. The number of nitrogens with one attached hydrogen (secondary N) is 2. The average molecular weight is 1110 g/mol. The van der Waals surface area contributed by atoms with Gasteiger partial charge < -0.3 is 38.4 Å². The Hall–Kier alpha value is -10.1. The summed E-state index contributed by atoms with van der Waals surface area (Å²) in [4.78, 5) is 41.2. The summed E-state index contributed by atoms with van der Waals surface area (Å²) in [6.45, 7) is 9.52. The number of rotatable bonds is 12. The molecule has 2 aliphatic heterocycles. The summed E-state index contributed by atoms with van der Waals surface area (Å²) in [5, 5.41) is 14.4. The Bertz CT molecular complexity index is 4850. The third-order valence-corrected chi connectivity index (χ3v) is 16.9. The molecule has 5 heterocycles. The number of H-pyrrole nitrogens is 2. The van der Waals surface area contributed by atoms with E-state index in [-0.39, 0.29) is 0 Å². The highest BCUT2D eigenvalue weighted by Crippen LogP contribution is 2.55. The number of unbranched alkanes of at least 4 members (excludes halogenated alkanes) is 2. The fraction of sp³-hybridized carbons (Fsp3) is 0.200. The van der Waals surface area contributed by atoms with Gasteiger partial charge in [-0.3, -0.25) is 0 Å². The Labute approximate surface area is 482 Å². The van der Waals surface area contributed by atoms with Crippen molar-refractivity contribution in [3.63, 3.8) is 0 Å². The topological polar surface area (TPSA) is 164 Å². The van der Waals surface area contributed by atoms with E-state index in [0.29, 0.717) is 116 Å². The molecule has 0 spiro atoms. The molecule has 0 atom stereocenters. The highest BCUT2D eigenvalue weighted by Gasteiger charge is 2.35. The molecule has 2 aliphatic rings. The van der Waals surface area contributed by atoms with E-state index in [1.54, 1.807) is 28.4 Å². The smallest absolute Gasteiger partial charge is 0.168 e. The molecule has 0 aliphatic carbocycles. The monoisotopic (exact) mass is 1110 g/mol. The number of aryl methyl sites for hydroxylation is 2. The SMILES string of the molecule is CCCCOc1c2ccccc2c(C)c2c3nc4nc(nc5[nH]c(nc6nc(nc([nH]3)c12)-c1c-6c(OC)c2cc3ccccc3cc2c1OC)c1c(OCCCC)c2ccccc2c(C)c51)-c1c-4c(OC)c2cc3ccccc3cc2c1OC. The normalized spacial score (nSPS) is 12.1. The highest BCUT2D eigenvalue weighted by molar-refractivity contribution is 6.22. The Kier molecular flexibility index (Phi) is 12.0. The van der Waals surface area contributed by atoms with Gasteiger partial charge in [-0.25, -0.2) is 29.9 Å². The molecular weight excluding hydrogens is 1050 g/mol. The van der Waals surface area contributed by atoms with E-state index < -0.39 is 0 Å². The fourth-order valence-corrected chi connectivity index (χ4v) is 13.0. The maximum Gasteiger partial charge on any atom is 0.168 e. The molecule has 414 valence electrons. The maximum atomic E-state index is 6.99. The molecule has 84 heavy (non-hydrogen) atoms. The molecule has 14 heteroatoms. The number of aromatic amines is 2. The first kappa shape index (κ1) is 50.8. The van der Waals surface area contributed by atoms with E-state index in [0.717, 1.165) is 123 Å². The van der Waals surface area contributed by atoms with Crippen LogP contribution >= 0.6 is 0 Å². The molecule has 2 N–H and O–H groups in total. The van der Waals surface area contributed by atoms with Crippen LogP contribution in [0.1, 0.15) is 50.7 Å². The molecule has 0 radical (unpaired) electrons. The first-order valence-electron chi connectivity index (χ1n) is 28.7. The van der Waals surface area contributed by atoms with Crippen LogP contribution in [0.5, 0.6) is 34.5 Å². The van der Waals surface area contributed by atoms with Crippen LogP contribution in [0.25, 0.3) is 154 Å². The second-order valence-electron chi connectivity index (χ2n) is 21.6. The van der Waals surface area contributed by atoms with Crippen molar-refractivity contribution >= 4 is 109 Å². The molecule has 0 saturated heterocycles. The van der Waals surface area contributed by atoms with Crippen molar-refractivity contribution in [1.82, 2.24) is 39.9 Å². The van der Waals surface area contributed by atoms with Gasteiger partial charge in [0.15, 0.2) is 23.3 Å². The van der Waals surface area contributed by atoms with Gasteiger partial charge >= 0.3 is 0 Å². The van der Waals surface area contributed by atoms with Gasteiger partial charge in [0.05, 0.1) is 74.7 Å². The Morgan fingerprint density at radius 1 is 0.333 bits per heavy atom. The summed E-state index contributed by atoms with van der Waals surface area (Å²) >= 11 is 0. The van der Waals surface area contributed by atoms with Crippen molar-refractivity contribution in [3.05, 3.63) is 132 Å². The number of benzene rings is 10. The summed E-state index contributed by atoms with van der Waals surface area (Å²) in [6, 6.07) is 41.8. The summed E-state index contributed by atoms with van der Waals surface area (Å²) in [6.07, 6.45) is 3.56. The number of hydrogen-bond donors (Lipinski definition) is 2. The van der Waals surface area contributed by atoms with Crippen LogP contribution in [0.15, 0.2) is 121 Å². The first-order valence-corrected chi connectivity index (χ1v) is 28.7. The van der Waals surface area contributed by atoms with Gasteiger partial charge in [-0.05, 0) is 94.4 Å². The van der Waals surface area contributed by atoms with Crippen LogP contribution in [0.3, 0.4) is 0 Å². The van der Waals surface area contributed by atoms with E-state index in [1.165, 1.54) is 0 Å². The second kappa shape index (κ2) is 19.8. The summed E-state index contributed by atoms with van der Waals surface area (Å²) in [5.41, 5.74) is 6.32. The molecule has 15 rings (SSSR count). The maximum absolute atomic E-state index is 6.99. The molecule has 8 bridgehead atoms. The van der Waals surface area contributed by atoms with E-state index >= 15 is 0 Å². The highest BCUT2D eigenvalue weighted by atomic mass is 16.5. The average Bonchev–Trinajstić information content (AvgIpc) is 1.92. The predicted molar refractivity (Wildman–Crippen MR) is 338 cm³/mol. The van der Waals surface area contributed by atoms with Gasteiger partial charge in [-0.1, -0.05) is 124 Å². The number of ether oxygens (including phenoxy) is 6. The molecule has 10 aromatic carbocycles. The van der Waals surface area contributed by atoms with Crippen molar-refractivity contribution in [2.45, 2.75) is 53.4 Å². The molecule has 0 amide bonds. The van der Waals surface area contributed by atoms with Crippen LogP contribution in [-0.4, -0.2) is 81.5 Å². The van der Waals surface area contributed by atoms with Crippen LogP contribution in [-0.2, 0) is 0 Å². The van der Waals surface area contributed by atoms with E-state index in [2.05, 4.69) is 123 Å². The van der Waals surface area contributed by atoms with Crippen LogP contribution in [0, 0.1) is 13.8 Å². The molecule has 3 aromatic heterocycles. The number of methoxy groups -OCH3 is 4. The third kappa shape index (κ3) is 7.48. The quantitative estimate of drug-likeness (QED) is 0.0880. The largest absolute Gasteiger partial charge is 0.495 e. The molecule has 14 nitrogen and oxygen atoms in total. The Morgan fingerprint density at radius 2 is 0.619 bits per heavy atom. The van der Waals surface area contributed by atoms with E-state index in [4.69, 9.17) is 58.3 Å². The van der Waals surface area contributed by atoms with E-state index in [9.17, 15) is 0 Å². The molecule has 0 unspecified atom stereocenters. The zero-order valence-electron chi connectivity index (χ0n) is 47.9. The minimum absolute atomic E-state index is 0.340. The molecule has 0 fully saturated rings. The summed E-state index contributed by atoms with van der Waals surface area (Å²) in [7, 11) is 6.76. The van der Waals surface area contributed by atoms with Crippen molar-refractivity contribution in [3.8, 4) is 80.0 Å². The van der Waals surface area contributed by atoms with Crippen molar-refractivity contribution in [1.29, 1.82) is 0 Å². The third-order valence-electron chi connectivity index (χ3n) is 16.9. The minimum atomic E-state index is 0.340. The lowest BCUT2D eigenvalue weighted by Crippen LogP contribution is -1.99. The first-order chi connectivity index (χ1) is 41.2. The Morgan fingerprint density at radius 3 is 0.917 bits per heavy atom. The van der Waals surface area contributed by atoms with Gasteiger partial charge in [0.2, 0.25) is 0 Å². The second-order valence-corrected chi connectivity index (χ2v) is 21.6. The van der Waals surface area contributed by atoms with Crippen LogP contribution in [0.4, 0.5) is 0 Å². The summed E-state index contributed by atoms with van der Waals surface area (Å²) < 4.78 is 40.3. The number of fused-ring (bicyclic) bond motifs is 26. The summed E-state index contributed by atoms with van der Waals surface area (Å²) in [5.74, 6) is 5.02. The minimum Gasteiger partial charge on any atom is -0.495 e. The van der Waals surface area contributed by atoms with Crippen molar-refractivity contribution in [2.75, 3.05) is 41.7 Å². The van der Waals surface area contributed by atoms with Crippen LogP contribution in [0.2, 0.25) is 0 Å². The Balaban J connectivity index is 1.20. The van der Waals surface area contributed by atoms with Crippen LogP contribution < -0.4 is 28.4 Å². The fourth-order valence-electron chi connectivity index (χ4n) is 13.0. The molecule has 13 aromatic rings. The van der Waals surface area contributed by atoms with Gasteiger partial charge in [-0.2, -0.15) is 0 Å². The zero-order chi connectivity index (χ0) is 57.1. The van der Waals surface area contributed by atoms with Crippen molar-refractivity contribution in [2.24, 2.45) is 0 Å². The van der Waals surface area contributed by atoms with Gasteiger partial charge in [0, 0.05) is 43.1 Å². The number of hydrogen-bond acceptors (Lipinski definition) is 12. The number of aromatic nitrogens is 8. The van der Waals surface area contributed by atoms with Gasteiger partial charge in [0.25, 0.3) is 0 Å². The standard InChI is InChI=1S/C70H58N8O6/c1-9-11-29-83-61-43-27-19-17-25-41(43)35(3)49-51(61)65-71-63(49)73-67-53-54(58(80-6)46-32-38-22-14-13-21-37(38)31-45(46)57(53)79-5)68(77-67)74-64-50-36(4)42-26-18-20-28-44(42)62(84-30-12-10-2)52(50)66(72-64)76-70-56-55(69(75-65)78-70)59(81-7)47-33-39-23-15-16-24-40(39)34-48(47)60(56)82-8/h13-28,31-34H,9-12,29-30H2,1-8H3,(H2,71,72,73,74,75,76,77,78). The van der Waals surface area contributed by atoms with E-state index in [1.807, 2.05) is 36.4 Å². The van der Waals surface area contributed by atoms with Crippen molar-refractivity contribution < 1.29 is 28.4 Å². The number of nitrogens with zero attached hydrogens (tertiary/aromatic N) is 6. The predicted octanol–water partition coefficient (Wildman–Crippen LogP) is 16.8. The zero-order valence-corrected chi connectivity index (χ0v) is 47.9. The lowest BCUT2D eigenvalue weighted by Gasteiger charge is -2.17. The molecular formula is C70H58N8O6. The van der Waals surface area contributed by atoms with Gasteiger partial charge in [0.1, 0.15) is 57.1 Å². The lowest BCUT2D eigenvalue weighted by atomic mass is 9.95.